The monoisotopic (exact) mass is 285 g/mol. The largest absolute Gasteiger partial charge is 0.296 e. The van der Waals surface area contributed by atoms with Crippen molar-refractivity contribution in [3.63, 3.8) is 0 Å². The van der Waals surface area contributed by atoms with Crippen molar-refractivity contribution >= 4 is 11.8 Å². The minimum absolute atomic E-state index is 0.0297. The highest BCUT2D eigenvalue weighted by Gasteiger charge is 2.42. The van der Waals surface area contributed by atoms with Crippen molar-refractivity contribution < 1.29 is 9.59 Å². The Bertz CT molecular complexity index is 546. The summed E-state index contributed by atoms with van der Waals surface area (Å²) in [6, 6.07) is 8.30. The molecule has 2 unspecified atom stereocenters. The van der Waals surface area contributed by atoms with Crippen LogP contribution in [-0.4, -0.2) is 11.8 Å². The van der Waals surface area contributed by atoms with E-state index >= 15 is 0 Å². The van der Waals surface area contributed by atoms with E-state index in [1.165, 1.54) is 24.0 Å². The third-order valence-electron chi connectivity index (χ3n) is 5.15. The number of hydrogen-bond acceptors (Lipinski definition) is 2. The number of carbonyl (C=O) groups excluding carboxylic acids is 2. The lowest BCUT2D eigenvalue weighted by Gasteiger charge is -2.35. The van der Waals surface area contributed by atoms with Gasteiger partial charge in [-0.05, 0) is 36.3 Å². The topological polar surface area (TPSA) is 46.2 Å². The Morgan fingerprint density at radius 3 is 2.57 bits per heavy atom. The van der Waals surface area contributed by atoms with Gasteiger partial charge in [0, 0.05) is 18.3 Å². The first-order valence-corrected chi connectivity index (χ1v) is 8.12. The molecule has 0 radical (unpaired) electrons. The molecule has 2 fully saturated rings. The minimum Gasteiger partial charge on any atom is -0.296 e. The van der Waals surface area contributed by atoms with Gasteiger partial charge in [0.1, 0.15) is 0 Å². The summed E-state index contributed by atoms with van der Waals surface area (Å²) in [6.07, 6.45) is 6.06. The van der Waals surface area contributed by atoms with Crippen molar-refractivity contribution in [3.8, 4) is 0 Å². The SMILES string of the molecule is CCc1ccccc1C1CC(=O)NC(=O)C1C1CCCC1. The zero-order valence-corrected chi connectivity index (χ0v) is 12.6. The van der Waals surface area contributed by atoms with E-state index in [1.807, 2.05) is 12.1 Å². The second-order valence-electron chi connectivity index (χ2n) is 6.35. The first kappa shape index (κ1) is 14.3. The number of piperidine rings is 1. The Labute approximate surface area is 126 Å². The van der Waals surface area contributed by atoms with Crippen LogP contribution in [0, 0.1) is 11.8 Å². The Balaban J connectivity index is 1.98. The highest BCUT2D eigenvalue weighted by molar-refractivity contribution is 6.00. The summed E-state index contributed by atoms with van der Waals surface area (Å²) in [5.74, 6) is 0.302. The van der Waals surface area contributed by atoms with E-state index in [2.05, 4.69) is 24.4 Å². The molecule has 0 spiro atoms. The van der Waals surface area contributed by atoms with Crippen molar-refractivity contribution in [1.29, 1.82) is 0 Å². The number of carbonyl (C=O) groups is 2. The van der Waals surface area contributed by atoms with Gasteiger partial charge in [0.2, 0.25) is 11.8 Å². The summed E-state index contributed by atoms with van der Waals surface area (Å²) in [6.45, 7) is 2.13. The molecule has 1 aromatic rings. The Kier molecular flexibility index (Phi) is 4.09. The first-order chi connectivity index (χ1) is 10.2. The molecular formula is C18H23NO2. The van der Waals surface area contributed by atoms with Crippen molar-refractivity contribution in [2.24, 2.45) is 11.8 Å². The maximum absolute atomic E-state index is 12.4. The van der Waals surface area contributed by atoms with Crippen LogP contribution in [0.5, 0.6) is 0 Å². The summed E-state index contributed by atoms with van der Waals surface area (Å²) in [4.78, 5) is 24.3. The van der Waals surface area contributed by atoms with Gasteiger partial charge < -0.3 is 0 Å². The van der Waals surface area contributed by atoms with E-state index in [0.717, 1.165) is 19.3 Å². The van der Waals surface area contributed by atoms with Crippen LogP contribution >= 0.6 is 0 Å². The number of amides is 2. The lowest BCUT2D eigenvalue weighted by Crippen LogP contribution is -2.47. The summed E-state index contributed by atoms with van der Waals surface area (Å²) in [5.41, 5.74) is 2.48. The zero-order chi connectivity index (χ0) is 14.8. The lowest BCUT2D eigenvalue weighted by atomic mass is 9.71. The summed E-state index contributed by atoms with van der Waals surface area (Å²) >= 11 is 0. The summed E-state index contributed by atoms with van der Waals surface area (Å²) in [5, 5.41) is 2.57. The van der Waals surface area contributed by atoms with Crippen molar-refractivity contribution in [2.75, 3.05) is 0 Å². The highest BCUT2D eigenvalue weighted by atomic mass is 16.2. The van der Waals surface area contributed by atoms with E-state index in [4.69, 9.17) is 0 Å². The molecule has 1 saturated heterocycles. The van der Waals surface area contributed by atoms with Crippen molar-refractivity contribution in [2.45, 2.75) is 51.4 Å². The minimum atomic E-state index is -0.120. The molecule has 2 atom stereocenters. The average Bonchev–Trinajstić information content (AvgIpc) is 3.00. The van der Waals surface area contributed by atoms with E-state index < -0.39 is 0 Å². The van der Waals surface area contributed by atoms with Crippen LogP contribution in [-0.2, 0) is 16.0 Å². The Hall–Kier alpha value is -1.64. The number of rotatable bonds is 3. The fraction of sp³-hybridized carbons (Fsp3) is 0.556. The predicted molar refractivity (Wildman–Crippen MR) is 81.8 cm³/mol. The van der Waals surface area contributed by atoms with Gasteiger partial charge in [0.25, 0.3) is 0 Å². The van der Waals surface area contributed by atoms with E-state index in [0.29, 0.717) is 12.3 Å². The van der Waals surface area contributed by atoms with Gasteiger partial charge in [0.05, 0.1) is 0 Å². The average molecular weight is 285 g/mol. The first-order valence-electron chi connectivity index (χ1n) is 8.12. The number of imide groups is 1. The third-order valence-corrected chi connectivity index (χ3v) is 5.15. The van der Waals surface area contributed by atoms with Crippen molar-refractivity contribution in [3.05, 3.63) is 35.4 Å². The van der Waals surface area contributed by atoms with Gasteiger partial charge >= 0.3 is 0 Å². The van der Waals surface area contributed by atoms with Gasteiger partial charge in [-0.25, -0.2) is 0 Å². The number of hydrogen-bond donors (Lipinski definition) is 1. The smallest absolute Gasteiger partial charge is 0.230 e. The maximum Gasteiger partial charge on any atom is 0.230 e. The summed E-state index contributed by atoms with van der Waals surface area (Å²) in [7, 11) is 0. The molecule has 1 aliphatic heterocycles. The molecule has 1 aliphatic carbocycles. The second-order valence-corrected chi connectivity index (χ2v) is 6.35. The predicted octanol–water partition coefficient (Wildman–Crippen LogP) is 3.19. The fourth-order valence-corrected chi connectivity index (χ4v) is 4.16. The maximum atomic E-state index is 12.4. The highest BCUT2D eigenvalue weighted by Crippen LogP contribution is 2.43. The molecular weight excluding hydrogens is 262 g/mol. The molecule has 1 aromatic carbocycles. The molecule has 3 rings (SSSR count). The van der Waals surface area contributed by atoms with Crippen LogP contribution in [0.15, 0.2) is 24.3 Å². The molecule has 3 heteroatoms. The number of benzene rings is 1. The van der Waals surface area contributed by atoms with Gasteiger partial charge in [-0.3, -0.25) is 14.9 Å². The molecule has 0 aromatic heterocycles. The quantitative estimate of drug-likeness (QED) is 0.867. The van der Waals surface area contributed by atoms with Crippen LogP contribution in [0.1, 0.15) is 56.1 Å². The van der Waals surface area contributed by atoms with E-state index in [1.54, 1.807) is 0 Å². The molecule has 2 aliphatic rings. The second kappa shape index (κ2) is 6.00. The Morgan fingerprint density at radius 1 is 1.14 bits per heavy atom. The summed E-state index contributed by atoms with van der Waals surface area (Å²) < 4.78 is 0. The van der Waals surface area contributed by atoms with Gasteiger partial charge in [-0.15, -0.1) is 0 Å². The van der Waals surface area contributed by atoms with Crippen LogP contribution < -0.4 is 5.32 Å². The Morgan fingerprint density at radius 2 is 1.86 bits per heavy atom. The molecule has 0 bridgehead atoms. The zero-order valence-electron chi connectivity index (χ0n) is 12.6. The number of nitrogens with one attached hydrogen (secondary N) is 1. The molecule has 1 saturated carbocycles. The van der Waals surface area contributed by atoms with Crippen LogP contribution in [0.25, 0.3) is 0 Å². The number of aryl methyl sites for hydroxylation is 1. The van der Waals surface area contributed by atoms with Crippen molar-refractivity contribution in [1.82, 2.24) is 5.32 Å². The standard InChI is InChI=1S/C18H23NO2/c1-2-12-7-5-6-10-14(12)15-11-16(20)19-18(21)17(15)13-8-3-4-9-13/h5-7,10,13,15,17H,2-4,8-9,11H2,1H3,(H,19,20,21). The molecule has 1 N–H and O–H groups in total. The fourth-order valence-electron chi connectivity index (χ4n) is 4.16. The molecule has 112 valence electrons. The van der Waals surface area contributed by atoms with E-state index in [-0.39, 0.29) is 23.7 Å². The molecule has 1 heterocycles. The van der Waals surface area contributed by atoms with Gasteiger partial charge in [-0.2, -0.15) is 0 Å². The van der Waals surface area contributed by atoms with Crippen LogP contribution in [0.2, 0.25) is 0 Å². The molecule has 21 heavy (non-hydrogen) atoms. The van der Waals surface area contributed by atoms with E-state index in [9.17, 15) is 9.59 Å². The van der Waals surface area contributed by atoms with Gasteiger partial charge in [0.15, 0.2) is 0 Å². The molecule has 2 amide bonds. The third kappa shape index (κ3) is 2.74. The van der Waals surface area contributed by atoms with Crippen LogP contribution in [0.4, 0.5) is 0 Å². The lowest BCUT2D eigenvalue weighted by molar-refractivity contribution is -0.138. The molecule has 3 nitrogen and oxygen atoms in total. The normalized spacial score (nSPS) is 26.9. The van der Waals surface area contributed by atoms with Gasteiger partial charge in [-0.1, -0.05) is 44.0 Å². The van der Waals surface area contributed by atoms with Crippen LogP contribution in [0.3, 0.4) is 0 Å².